The van der Waals surface area contributed by atoms with E-state index in [0.717, 1.165) is 24.7 Å². The number of halogens is 1. The molecule has 0 amide bonds. The third kappa shape index (κ3) is 5.22. The summed E-state index contributed by atoms with van der Waals surface area (Å²) in [4.78, 5) is 10.8. The molecule has 0 aliphatic rings. The van der Waals surface area contributed by atoms with Crippen molar-refractivity contribution in [2.45, 2.75) is 33.1 Å². The Balaban J connectivity index is 2.30. The van der Waals surface area contributed by atoms with Crippen molar-refractivity contribution in [2.24, 2.45) is 5.92 Å². The molecule has 0 N–H and O–H groups in total. The molecule has 0 radical (unpaired) electrons. The van der Waals surface area contributed by atoms with Gasteiger partial charge < -0.3 is 4.74 Å². The van der Waals surface area contributed by atoms with Crippen LogP contribution in [0.3, 0.4) is 0 Å². The van der Waals surface area contributed by atoms with Gasteiger partial charge in [-0.15, -0.1) is 0 Å². The van der Waals surface area contributed by atoms with Crippen LogP contribution >= 0.6 is 11.6 Å². The predicted molar refractivity (Wildman–Crippen MR) is 70.8 cm³/mol. The summed E-state index contributed by atoms with van der Waals surface area (Å²) in [6.45, 7) is 5.17. The highest BCUT2D eigenvalue weighted by molar-refractivity contribution is 6.67. The molecule has 2 nitrogen and oxygen atoms in total. The van der Waals surface area contributed by atoms with Crippen molar-refractivity contribution in [3.63, 3.8) is 0 Å². The molecule has 0 heterocycles. The molecule has 1 atom stereocenters. The molecule has 1 rings (SSSR count). The first-order chi connectivity index (χ1) is 8.13. The fourth-order valence-electron chi connectivity index (χ4n) is 1.51. The lowest BCUT2D eigenvalue weighted by Crippen LogP contribution is -2.01. The predicted octanol–water partition coefficient (Wildman–Crippen LogP) is 4.27. The first kappa shape index (κ1) is 14.0. The van der Waals surface area contributed by atoms with E-state index in [2.05, 4.69) is 13.8 Å². The summed E-state index contributed by atoms with van der Waals surface area (Å²) >= 11 is 5.35. The second kappa shape index (κ2) is 7.33. The van der Waals surface area contributed by atoms with Crippen molar-refractivity contribution >= 4 is 16.8 Å². The Hall–Kier alpha value is -1.02. The molecule has 0 spiro atoms. The molecule has 0 aliphatic carbocycles. The maximum Gasteiger partial charge on any atom is 0.252 e. The molecular weight excluding hydrogens is 236 g/mol. The Morgan fingerprint density at radius 2 is 2.00 bits per heavy atom. The molecule has 0 saturated carbocycles. The third-order valence-electron chi connectivity index (χ3n) is 2.89. The van der Waals surface area contributed by atoms with E-state index < -0.39 is 5.24 Å². The van der Waals surface area contributed by atoms with Crippen LogP contribution < -0.4 is 4.74 Å². The van der Waals surface area contributed by atoms with Crippen LogP contribution in [0, 0.1) is 5.92 Å². The molecule has 1 aromatic rings. The van der Waals surface area contributed by atoms with Gasteiger partial charge in [-0.3, -0.25) is 4.79 Å². The van der Waals surface area contributed by atoms with E-state index in [9.17, 15) is 4.79 Å². The van der Waals surface area contributed by atoms with Crippen LogP contribution in [0.2, 0.25) is 0 Å². The van der Waals surface area contributed by atoms with Crippen LogP contribution in [0.15, 0.2) is 24.3 Å². The lowest BCUT2D eigenvalue weighted by atomic mass is 10.0. The van der Waals surface area contributed by atoms with Gasteiger partial charge in [0.15, 0.2) is 0 Å². The largest absolute Gasteiger partial charge is 0.494 e. The normalized spacial score (nSPS) is 12.2. The number of hydrogen-bond donors (Lipinski definition) is 0. The Kier molecular flexibility index (Phi) is 6.06. The Bertz CT molecular complexity index is 346. The summed E-state index contributed by atoms with van der Waals surface area (Å²) in [7, 11) is 0. The molecule has 0 unspecified atom stereocenters. The van der Waals surface area contributed by atoms with Crippen LogP contribution in [-0.2, 0) is 0 Å². The summed E-state index contributed by atoms with van der Waals surface area (Å²) < 4.78 is 5.58. The van der Waals surface area contributed by atoms with Gasteiger partial charge in [-0.2, -0.15) is 0 Å². The van der Waals surface area contributed by atoms with E-state index in [1.807, 2.05) is 0 Å². The Morgan fingerprint density at radius 1 is 1.35 bits per heavy atom. The molecule has 3 heteroatoms. The van der Waals surface area contributed by atoms with Crippen molar-refractivity contribution < 1.29 is 9.53 Å². The van der Waals surface area contributed by atoms with E-state index in [4.69, 9.17) is 16.3 Å². The molecule has 0 aromatic heterocycles. The number of carbonyl (C=O) groups is 1. The van der Waals surface area contributed by atoms with E-state index in [0.29, 0.717) is 5.56 Å². The van der Waals surface area contributed by atoms with Crippen molar-refractivity contribution in [2.75, 3.05) is 6.61 Å². The van der Waals surface area contributed by atoms with Crippen molar-refractivity contribution in [3.05, 3.63) is 29.8 Å². The molecule has 17 heavy (non-hydrogen) atoms. The fraction of sp³-hybridized carbons (Fsp3) is 0.500. The zero-order chi connectivity index (χ0) is 12.7. The van der Waals surface area contributed by atoms with E-state index >= 15 is 0 Å². The highest BCUT2D eigenvalue weighted by Gasteiger charge is 2.02. The van der Waals surface area contributed by atoms with Gasteiger partial charge in [0.1, 0.15) is 5.75 Å². The lowest BCUT2D eigenvalue weighted by Gasteiger charge is -2.09. The lowest BCUT2D eigenvalue weighted by molar-refractivity contribution is 0.108. The summed E-state index contributed by atoms with van der Waals surface area (Å²) in [5, 5.41) is -0.437. The van der Waals surface area contributed by atoms with E-state index in [1.165, 1.54) is 12.8 Å². The van der Waals surface area contributed by atoms with E-state index in [1.54, 1.807) is 24.3 Å². The van der Waals surface area contributed by atoms with Crippen LogP contribution in [0.1, 0.15) is 43.5 Å². The summed E-state index contributed by atoms with van der Waals surface area (Å²) in [5.41, 5.74) is 0.499. The van der Waals surface area contributed by atoms with Crippen LogP contribution in [0.25, 0.3) is 0 Å². The minimum atomic E-state index is -0.437. The standard InChI is InChI=1S/C14H19ClO2/c1-3-11(2)5-4-10-17-13-8-6-12(7-9-13)14(15)16/h6-9,11H,3-5,10H2,1-2H3/t11-/m0/s1. The summed E-state index contributed by atoms with van der Waals surface area (Å²) in [6.07, 6.45) is 3.46. The van der Waals surface area contributed by atoms with Gasteiger partial charge in [0.25, 0.3) is 5.24 Å². The average Bonchev–Trinajstić information content (AvgIpc) is 2.34. The Labute approximate surface area is 108 Å². The minimum Gasteiger partial charge on any atom is -0.494 e. The van der Waals surface area contributed by atoms with Gasteiger partial charge in [-0.05, 0) is 54.6 Å². The summed E-state index contributed by atoms with van der Waals surface area (Å²) in [5.74, 6) is 1.55. The molecule has 1 aromatic carbocycles. The first-order valence-corrected chi connectivity index (χ1v) is 6.44. The molecule has 0 saturated heterocycles. The van der Waals surface area contributed by atoms with Crippen LogP contribution in [0.4, 0.5) is 0 Å². The van der Waals surface area contributed by atoms with E-state index in [-0.39, 0.29) is 0 Å². The fourth-order valence-corrected chi connectivity index (χ4v) is 1.63. The number of rotatable bonds is 7. The van der Waals surface area contributed by atoms with Gasteiger partial charge in [-0.1, -0.05) is 20.3 Å². The highest BCUT2D eigenvalue weighted by Crippen LogP contribution is 2.15. The topological polar surface area (TPSA) is 26.3 Å². The SMILES string of the molecule is CC[C@H](C)CCCOc1ccc(C(=O)Cl)cc1. The number of carbonyl (C=O) groups excluding carboxylic acids is 1. The van der Waals surface area contributed by atoms with Crippen molar-refractivity contribution in [1.82, 2.24) is 0 Å². The monoisotopic (exact) mass is 254 g/mol. The first-order valence-electron chi connectivity index (χ1n) is 6.06. The minimum absolute atomic E-state index is 0.437. The zero-order valence-corrected chi connectivity index (χ0v) is 11.2. The maximum absolute atomic E-state index is 10.8. The summed E-state index contributed by atoms with van der Waals surface area (Å²) in [6, 6.07) is 6.91. The van der Waals surface area contributed by atoms with Gasteiger partial charge in [0.05, 0.1) is 6.61 Å². The van der Waals surface area contributed by atoms with Gasteiger partial charge >= 0.3 is 0 Å². The molecule has 94 valence electrons. The number of benzene rings is 1. The molecular formula is C14H19ClO2. The van der Waals surface area contributed by atoms with Crippen LogP contribution in [-0.4, -0.2) is 11.8 Å². The smallest absolute Gasteiger partial charge is 0.252 e. The van der Waals surface area contributed by atoms with Crippen LogP contribution in [0.5, 0.6) is 5.75 Å². The number of hydrogen-bond acceptors (Lipinski definition) is 2. The van der Waals surface area contributed by atoms with Crippen molar-refractivity contribution in [1.29, 1.82) is 0 Å². The van der Waals surface area contributed by atoms with Crippen molar-refractivity contribution in [3.8, 4) is 5.75 Å². The second-order valence-electron chi connectivity index (χ2n) is 4.30. The van der Waals surface area contributed by atoms with Gasteiger partial charge in [-0.25, -0.2) is 0 Å². The zero-order valence-electron chi connectivity index (χ0n) is 10.4. The second-order valence-corrected chi connectivity index (χ2v) is 4.65. The quantitative estimate of drug-likeness (QED) is 0.537. The molecule has 0 bridgehead atoms. The maximum atomic E-state index is 10.8. The number of ether oxygens (including phenoxy) is 1. The third-order valence-corrected chi connectivity index (χ3v) is 3.11. The molecule has 0 fully saturated rings. The highest BCUT2D eigenvalue weighted by atomic mass is 35.5. The average molecular weight is 255 g/mol. The van der Waals surface area contributed by atoms with Gasteiger partial charge in [0, 0.05) is 5.56 Å². The Morgan fingerprint density at radius 3 is 2.53 bits per heavy atom. The molecule has 0 aliphatic heterocycles. The van der Waals surface area contributed by atoms with Gasteiger partial charge in [0.2, 0.25) is 0 Å².